The Hall–Kier alpha value is -2.93. The summed E-state index contributed by atoms with van der Waals surface area (Å²) in [5, 5.41) is 5.84. The Morgan fingerprint density at radius 1 is 1.28 bits per heavy atom. The van der Waals surface area contributed by atoms with Gasteiger partial charge in [0.1, 0.15) is 17.1 Å². The van der Waals surface area contributed by atoms with Gasteiger partial charge in [0.2, 0.25) is 11.8 Å². The van der Waals surface area contributed by atoms with Crippen LogP contribution in [-0.4, -0.2) is 36.4 Å². The minimum absolute atomic E-state index is 0.140. The highest BCUT2D eigenvalue weighted by Crippen LogP contribution is 2.55. The molecule has 2 aromatic carbocycles. The molecular formula is C22H22FN3O3. The van der Waals surface area contributed by atoms with Gasteiger partial charge in [0.05, 0.1) is 13.0 Å². The maximum absolute atomic E-state index is 14.1. The Labute approximate surface area is 168 Å². The summed E-state index contributed by atoms with van der Waals surface area (Å²) < 4.78 is 19.3. The van der Waals surface area contributed by atoms with Crippen LogP contribution < -0.4 is 15.4 Å². The summed E-state index contributed by atoms with van der Waals surface area (Å²) in [6.45, 7) is 0.723. The van der Waals surface area contributed by atoms with Crippen LogP contribution >= 0.6 is 0 Å². The summed E-state index contributed by atoms with van der Waals surface area (Å²) in [7, 11) is 1.58. The van der Waals surface area contributed by atoms with Crippen LogP contribution in [0.4, 0.5) is 15.8 Å². The maximum atomic E-state index is 14.1. The highest BCUT2D eigenvalue weighted by molar-refractivity contribution is 6.10. The number of halogens is 1. The van der Waals surface area contributed by atoms with Gasteiger partial charge in [0.15, 0.2) is 0 Å². The van der Waals surface area contributed by atoms with E-state index >= 15 is 0 Å². The van der Waals surface area contributed by atoms with E-state index in [4.69, 9.17) is 4.74 Å². The molecule has 150 valence electrons. The van der Waals surface area contributed by atoms with E-state index in [-0.39, 0.29) is 17.9 Å². The van der Waals surface area contributed by atoms with E-state index < -0.39 is 17.3 Å². The number of carbonyl (C=O) groups is 2. The number of ether oxygens (including phenoxy) is 1. The van der Waals surface area contributed by atoms with Crippen molar-refractivity contribution in [3.63, 3.8) is 0 Å². The Kier molecular flexibility index (Phi) is 4.10. The van der Waals surface area contributed by atoms with Gasteiger partial charge in [-0.25, -0.2) is 4.39 Å². The molecule has 0 aromatic heterocycles. The number of carbonyl (C=O) groups excluding carboxylic acids is 2. The number of amides is 2. The smallest absolute Gasteiger partial charge is 0.250 e. The van der Waals surface area contributed by atoms with Crippen molar-refractivity contribution < 1.29 is 18.7 Å². The van der Waals surface area contributed by atoms with Gasteiger partial charge >= 0.3 is 0 Å². The molecule has 0 aliphatic carbocycles. The van der Waals surface area contributed by atoms with Crippen molar-refractivity contribution in [2.75, 3.05) is 24.3 Å². The largest absolute Gasteiger partial charge is 0.497 e. The van der Waals surface area contributed by atoms with Crippen molar-refractivity contribution >= 4 is 23.2 Å². The Bertz CT molecular complexity index is 993. The quantitative estimate of drug-likeness (QED) is 0.838. The zero-order valence-electron chi connectivity index (χ0n) is 16.1. The summed E-state index contributed by atoms with van der Waals surface area (Å²) in [5.74, 6) is -0.774. The molecule has 7 heteroatoms. The predicted molar refractivity (Wildman–Crippen MR) is 106 cm³/mol. The standard InChI is InChI=1S/C22H22FN3O3/c1-29-16-7-5-14(6-8-16)24-20(27)18-12-15-3-2-10-26(15)22(18)17-11-13(23)4-9-19(17)25-21(22)28/h4-9,11,15,18H,2-3,10,12H2,1H3,(H,24,27)(H,25,28). The highest BCUT2D eigenvalue weighted by Gasteiger charge is 2.65. The van der Waals surface area contributed by atoms with Crippen LogP contribution in [0.25, 0.3) is 0 Å². The van der Waals surface area contributed by atoms with Gasteiger partial charge in [-0.15, -0.1) is 0 Å². The lowest BCUT2D eigenvalue weighted by atomic mass is 9.78. The fourth-order valence-electron chi connectivity index (χ4n) is 5.30. The third-order valence-corrected chi connectivity index (χ3v) is 6.50. The number of hydrogen-bond acceptors (Lipinski definition) is 4. The molecule has 0 bridgehead atoms. The molecule has 2 fully saturated rings. The molecule has 0 saturated carbocycles. The van der Waals surface area contributed by atoms with E-state index in [2.05, 4.69) is 15.5 Å². The lowest BCUT2D eigenvalue weighted by Gasteiger charge is -2.36. The summed E-state index contributed by atoms with van der Waals surface area (Å²) >= 11 is 0. The third-order valence-electron chi connectivity index (χ3n) is 6.50. The molecule has 0 radical (unpaired) electrons. The second-order valence-corrected chi connectivity index (χ2v) is 7.91. The number of nitrogens with zero attached hydrogens (tertiary/aromatic N) is 1. The molecule has 2 saturated heterocycles. The average Bonchev–Trinajstić information content (AvgIpc) is 3.37. The van der Waals surface area contributed by atoms with Crippen molar-refractivity contribution in [1.82, 2.24) is 4.90 Å². The van der Waals surface area contributed by atoms with Crippen molar-refractivity contribution in [2.24, 2.45) is 5.92 Å². The molecule has 6 nitrogen and oxygen atoms in total. The number of rotatable bonds is 3. The Balaban J connectivity index is 1.55. The van der Waals surface area contributed by atoms with Crippen LogP contribution in [0.5, 0.6) is 5.75 Å². The summed E-state index contributed by atoms with van der Waals surface area (Å²) in [4.78, 5) is 28.8. The molecule has 1 spiro atoms. The molecule has 3 aliphatic heterocycles. The second-order valence-electron chi connectivity index (χ2n) is 7.91. The van der Waals surface area contributed by atoms with Gasteiger partial charge < -0.3 is 15.4 Å². The van der Waals surface area contributed by atoms with Gasteiger partial charge in [-0.2, -0.15) is 0 Å². The minimum Gasteiger partial charge on any atom is -0.497 e. The minimum atomic E-state index is -1.16. The van der Waals surface area contributed by atoms with E-state index in [0.717, 1.165) is 19.4 Å². The molecule has 3 unspecified atom stereocenters. The summed E-state index contributed by atoms with van der Waals surface area (Å²) in [5.41, 5.74) is 0.638. The fourth-order valence-corrected chi connectivity index (χ4v) is 5.30. The van der Waals surface area contributed by atoms with Crippen LogP contribution in [0, 0.1) is 11.7 Å². The molecule has 2 aromatic rings. The van der Waals surface area contributed by atoms with Crippen LogP contribution in [0.3, 0.4) is 0 Å². The first kappa shape index (κ1) is 18.1. The third kappa shape index (κ3) is 2.57. The molecule has 2 N–H and O–H groups in total. The van der Waals surface area contributed by atoms with E-state index in [1.165, 1.54) is 12.1 Å². The molecular weight excluding hydrogens is 373 g/mol. The predicted octanol–water partition coefficient (Wildman–Crippen LogP) is 3.10. The van der Waals surface area contributed by atoms with Crippen LogP contribution in [0.15, 0.2) is 42.5 Å². The van der Waals surface area contributed by atoms with E-state index in [9.17, 15) is 14.0 Å². The molecule has 3 atom stereocenters. The highest BCUT2D eigenvalue weighted by atomic mass is 19.1. The first-order chi connectivity index (χ1) is 14.0. The molecule has 3 heterocycles. The fraction of sp³-hybridized carbons (Fsp3) is 0.364. The zero-order chi connectivity index (χ0) is 20.2. The average molecular weight is 395 g/mol. The van der Waals surface area contributed by atoms with E-state index in [0.29, 0.717) is 29.1 Å². The first-order valence-corrected chi connectivity index (χ1v) is 9.87. The van der Waals surface area contributed by atoms with Crippen LogP contribution in [-0.2, 0) is 15.1 Å². The normalized spacial score (nSPS) is 27.6. The van der Waals surface area contributed by atoms with Crippen molar-refractivity contribution in [2.45, 2.75) is 30.8 Å². The van der Waals surface area contributed by atoms with Crippen molar-refractivity contribution in [3.05, 3.63) is 53.8 Å². The number of benzene rings is 2. The number of hydrogen-bond donors (Lipinski definition) is 2. The number of nitrogens with one attached hydrogen (secondary N) is 2. The number of fused-ring (bicyclic) bond motifs is 4. The molecule has 3 aliphatic rings. The van der Waals surface area contributed by atoms with Gasteiger partial charge in [-0.3, -0.25) is 14.5 Å². The Morgan fingerprint density at radius 3 is 2.83 bits per heavy atom. The SMILES string of the molecule is COc1ccc(NC(=O)C2CC3CCCN3C23C(=O)Nc2ccc(F)cc23)cc1. The topological polar surface area (TPSA) is 70.7 Å². The van der Waals surface area contributed by atoms with Crippen LogP contribution in [0.1, 0.15) is 24.8 Å². The summed E-state index contributed by atoms with van der Waals surface area (Å²) in [6.07, 6.45) is 2.48. The first-order valence-electron chi connectivity index (χ1n) is 9.87. The lowest BCUT2D eigenvalue weighted by Crippen LogP contribution is -2.53. The van der Waals surface area contributed by atoms with E-state index in [1.54, 1.807) is 37.4 Å². The van der Waals surface area contributed by atoms with Gasteiger partial charge in [-0.1, -0.05) is 0 Å². The van der Waals surface area contributed by atoms with E-state index in [1.807, 2.05) is 0 Å². The summed E-state index contributed by atoms with van der Waals surface area (Å²) in [6, 6.07) is 11.5. The van der Waals surface area contributed by atoms with Crippen molar-refractivity contribution in [1.29, 1.82) is 0 Å². The monoisotopic (exact) mass is 395 g/mol. The second kappa shape index (κ2) is 6.56. The number of methoxy groups -OCH3 is 1. The van der Waals surface area contributed by atoms with Gasteiger partial charge in [0.25, 0.3) is 0 Å². The van der Waals surface area contributed by atoms with Crippen LogP contribution in [0.2, 0.25) is 0 Å². The Morgan fingerprint density at radius 2 is 2.07 bits per heavy atom. The van der Waals surface area contributed by atoms with Crippen molar-refractivity contribution in [3.8, 4) is 5.75 Å². The lowest BCUT2D eigenvalue weighted by molar-refractivity contribution is -0.135. The zero-order valence-corrected chi connectivity index (χ0v) is 16.1. The van der Waals surface area contributed by atoms with Gasteiger partial charge in [0, 0.05) is 23.0 Å². The number of anilines is 2. The molecule has 29 heavy (non-hydrogen) atoms. The maximum Gasteiger partial charge on any atom is 0.250 e. The van der Waals surface area contributed by atoms with Gasteiger partial charge in [-0.05, 0) is 68.3 Å². The molecule has 5 rings (SSSR count). The molecule has 2 amide bonds.